The summed E-state index contributed by atoms with van der Waals surface area (Å²) in [5, 5.41) is 2.71. The van der Waals surface area contributed by atoms with Crippen LogP contribution in [0.25, 0.3) is 0 Å². The maximum atomic E-state index is 12.2. The molecular weight excluding hydrogens is 370 g/mol. The van der Waals surface area contributed by atoms with Crippen molar-refractivity contribution in [2.24, 2.45) is 0 Å². The lowest BCUT2D eigenvalue weighted by Crippen LogP contribution is -2.25. The Morgan fingerprint density at radius 2 is 2.05 bits per heavy atom. The lowest BCUT2D eigenvalue weighted by atomic mass is 10.2. The van der Waals surface area contributed by atoms with Crippen molar-refractivity contribution in [2.75, 3.05) is 7.05 Å². The second-order valence-electron chi connectivity index (χ2n) is 4.35. The summed E-state index contributed by atoms with van der Waals surface area (Å²) in [5.41, 5.74) is 0.957. The molecule has 8 heteroatoms. The average Bonchev–Trinajstić information content (AvgIpc) is 2.53. The molecule has 2 N–H and O–H groups in total. The second kappa shape index (κ2) is 6.99. The molecule has 6 nitrogen and oxygen atoms in total. The minimum atomic E-state index is -3.60. The van der Waals surface area contributed by atoms with E-state index in [-0.39, 0.29) is 22.9 Å². The van der Waals surface area contributed by atoms with Gasteiger partial charge in [0.1, 0.15) is 0 Å². The molecule has 0 radical (unpaired) electrons. The van der Waals surface area contributed by atoms with Crippen LogP contribution in [0.15, 0.2) is 52.0 Å². The Balaban J connectivity index is 2.20. The number of hydrogen-bond acceptors (Lipinski definition) is 4. The van der Waals surface area contributed by atoms with Crippen LogP contribution in [-0.4, -0.2) is 26.4 Å². The van der Waals surface area contributed by atoms with Gasteiger partial charge in [0.25, 0.3) is 5.91 Å². The first-order valence-electron chi connectivity index (χ1n) is 6.35. The zero-order chi connectivity index (χ0) is 16.2. The van der Waals surface area contributed by atoms with Gasteiger partial charge in [-0.25, -0.2) is 13.1 Å². The Hall–Kier alpha value is -1.77. The number of nitrogens with one attached hydrogen (secondary N) is 2. The lowest BCUT2D eigenvalue weighted by molar-refractivity contribution is 0.0949. The first-order valence-corrected chi connectivity index (χ1v) is 8.63. The standard InChI is InChI=1S/C14H14BrN3O3S/c1-16-22(20,21)11-5-6-13(15)12(8-11)14(19)18-9-10-4-2-3-7-17-10/h2-8,16H,9H2,1H3,(H,18,19). The highest BCUT2D eigenvalue weighted by atomic mass is 79.9. The highest BCUT2D eigenvalue weighted by Gasteiger charge is 2.17. The van der Waals surface area contributed by atoms with Crippen LogP contribution in [0, 0.1) is 0 Å². The van der Waals surface area contributed by atoms with Gasteiger partial charge >= 0.3 is 0 Å². The molecule has 0 bridgehead atoms. The van der Waals surface area contributed by atoms with Crippen molar-refractivity contribution in [1.82, 2.24) is 15.0 Å². The van der Waals surface area contributed by atoms with E-state index in [9.17, 15) is 13.2 Å². The maximum Gasteiger partial charge on any atom is 0.252 e. The van der Waals surface area contributed by atoms with Gasteiger partial charge in [0.05, 0.1) is 22.7 Å². The van der Waals surface area contributed by atoms with Crippen molar-refractivity contribution in [1.29, 1.82) is 0 Å². The van der Waals surface area contributed by atoms with E-state index in [0.717, 1.165) is 0 Å². The van der Waals surface area contributed by atoms with Crippen molar-refractivity contribution < 1.29 is 13.2 Å². The minimum absolute atomic E-state index is 0.0289. The quantitative estimate of drug-likeness (QED) is 0.821. The lowest BCUT2D eigenvalue weighted by Gasteiger charge is -2.09. The summed E-state index contributed by atoms with van der Waals surface area (Å²) < 4.78 is 26.3. The van der Waals surface area contributed by atoms with E-state index < -0.39 is 10.0 Å². The molecule has 1 heterocycles. The van der Waals surface area contributed by atoms with Crippen LogP contribution in [0.5, 0.6) is 0 Å². The number of pyridine rings is 1. The van der Waals surface area contributed by atoms with E-state index >= 15 is 0 Å². The fourth-order valence-electron chi connectivity index (χ4n) is 1.73. The molecule has 22 heavy (non-hydrogen) atoms. The number of amides is 1. The molecule has 0 aliphatic carbocycles. The zero-order valence-electron chi connectivity index (χ0n) is 11.7. The van der Waals surface area contributed by atoms with Crippen molar-refractivity contribution in [3.8, 4) is 0 Å². The third-order valence-corrected chi connectivity index (χ3v) is 5.02. The Bertz CT molecular complexity index is 779. The van der Waals surface area contributed by atoms with Gasteiger partial charge in [-0.05, 0) is 53.3 Å². The fourth-order valence-corrected chi connectivity index (χ4v) is 2.91. The van der Waals surface area contributed by atoms with Gasteiger partial charge in [0.15, 0.2) is 0 Å². The van der Waals surface area contributed by atoms with Gasteiger partial charge in [-0.3, -0.25) is 9.78 Å². The van der Waals surface area contributed by atoms with Crippen LogP contribution in [-0.2, 0) is 16.6 Å². The van der Waals surface area contributed by atoms with Crippen molar-refractivity contribution in [3.05, 3.63) is 58.3 Å². The molecule has 0 spiro atoms. The van der Waals surface area contributed by atoms with E-state index in [1.807, 2.05) is 6.07 Å². The third-order valence-electron chi connectivity index (χ3n) is 2.92. The minimum Gasteiger partial charge on any atom is -0.346 e. The van der Waals surface area contributed by atoms with Crippen LogP contribution in [0.3, 0.4) is 0 Å². The monoisotopic (exact) mass is 383 g/mol. The average molecular weight is 384 g/mol. The fraction of sp³-hybridized carbons (Fsp3) is 0.143. The summed E-state index contributed by atoms with van der Waals surface area (Å²) in [6, 6.07) is 9.67. The van der Waals surface area contributed by atoms with E-state index in [2.05, 4.69) is 31.0 Å². The number of carbonyl (C=O) groups is 1. The largest absolute Gasteiger partial charge is 0.346 e. The Morgan fingerprint density at radius 1 is 1.27 bits per heavy atom. The molecule has 0 unspecified atom stereocenters. The third kappa shape index (κ3) is 3.90. The number of nitrogens with zero attached hydrogens (tertiary/aromatic N) is 1. The molecule has 0 saturated heterocycles. The molecule has 1 aromatic heterocycles. The summed E-state index contributed by atoms with van der Waals surface area (Å²) >= 11 is 3.25. The number of sulfonamides is 1. The Morgan fingerprint density at radius 3 is 2.68 bits per heavy atom. The van der Waals surface area contributed by atoms with Crippen LogP contribution < -0.4 is 10.0 Å². The van der Waals surface area contributed by atoms with Gasteiger partial charge in [-0.2, -0.15) is 0 Å². The zero-order valence-corrected chi connectivity index (χ0v) is 14.1. The summed E-state index contributed by atoms with van der Waals surface area (Å²) in [7, 11) is -2.28. The smallest absolute Gasteiger partial charge is 0.252 e. The second-order valence-corrected chi connectivity index (χ2v) is 7.09. The Labute approximate surface area is 137 Å². The molecule has 1 aromatic carbocycles. The molecule has 0 atom stereocenters. The van der Waals surface area contributed by atoms with E-state index in [0.29, 0.717) is 10.2 Å². The molecular formula is C14H14BrN3O3S. The molecule has 2 aromatic rings. The first kappa shape index (κ1) is 16.6. The van der Waals surface area contributed by atoms with Gasteiger partial charge in [0, 0.05) is 10.7 Å². The van der Waals surface area contributed by atoms with E-state index in [1.165, 1.54) is 25.2 Å². The van der Waals surface area contributed by atoms with Crippen LogP contribution in [0.1, 0.15) is 16.1 Å². The van der Waals surface area contributed by atoms with Crippen molar-refractivity contribution in [2.45, 2.75) is 11.4 Å². The van der Waals surface area contributed by atoms with Crippen molar-refractivity contribution >= 4 is 31.9 Å². The molecule has 0 aliphatic rings. The number of carbonyl (C=O) groups excluding carboxylic acids is 1. The van der Waals surface area contributed by atoms with E-state index in [4.69, 9.17) is 0 Å². The maximum absolute atomic E-state index is 12.2. The molecule has 0 aliphatic heterocycles. The Kier molecular flexibility index (Phi) is 5.28. The van der Waals surface area contributed by atoms with Gasteiger partial charge in [0.2, 0.25) is 10.0 Å². The molecule has 0 saturated carbocycles. The van der Waals surface area contributed by atoms with Crippen LogP contribution >= 0.6 is 15.9 Å². The van der Waals surface area contributed by atoms with E-state index in [1.54, 1.807) is 18.3 Å². The van der Waals surface area contributed by atoms with Gasteiger partial charge in [-0.1, -0.05) is 6.07 Å². The predicted octanol–water partition coefficient (Wildman–Crippen LogP) is 1.68. The number of halogens is 1. The van der Waals surface area contributed by atoms with Crippen molar-refractivity contribution in [3.63, 3.8) is 0 Å². The number of hydrogen-bond donors (Lipinski definition) is 2. The SMILES string of the molecule is CNS(=O)(=O)c1ccc(Br)c(C(=O)NCc2ccccn2)c1. The highest BCUT2D eigenvalue weighted by Crippen LogP contribution is 2.21. The number of benzene rings is 1. The summed E-state index contributed by atoms with van der Waals surface area (Å²) in [6.45, 7) is 0.259. The molecule has 0 fully saturated rings. The van der Waals surface area contributed by atoms with Gasteiger partial charge < -0.3 is 5.32 Å². The normalized spacial score (nSPS) is 11.2. The summed E-state index contributed by atoms with van der Waals surface area (Å²) in [4.78, 5) is 16.4. The van der Waals surface area contributed by atoms with Gasteiger partial charge in [-0.15, -0.1) is 0 Å². The summed E-state index contributed by atoms with van der Waals surface area (Å²) in [5.74, 6) is -0.384. The highest BCUT2D eigenvalue weighted by molar-refractivity contribution is 9.10. The first-order chi connectivity index (χ1) is 10.4. The molecule has 2 rings (SSSR count). The molecule has 116 valence electrons. The van der Waals surface area contributed by atoms with Crippen LogP contribution in [0.2, 0.25) is 0 Å². The predicted molar refractivity (Wildman–Crippen MR) is 85.8 cm³/mol. The number of aromatic nitrogens is 1. The topological polar surface area (TPSA) is 88.2 Å². The number of rotatable bonds is 5. The molecule has 1 amide bonds. The van der Waals surface area contributed by atoms with Crippen LogP contribution in [0.4, 0.5) is 0 Å². The summed E-state index contributed by atoms with van der Waals surface area (Å²) in [6.07, 6.45) is 1.64.